The normalized spacial score (nSPS) is 13.9. The van der Waals surface area contributed by atoms with E-state index in [1.807, 2.05) is 0 Å². The highest BCUT2D eigenvalue weighted by atomic mass is 35.5. The SMILES string of the molecule is COc1ccc2c3c(cccc13)C(=O)N(OS(=O)(=O)c1ccc(Cl)cc1)C2=O. The van der Waals surface area contributed by atoms with Gasteiger partial charge in [-0.25, -0.2) is 0 Å². The van der Waals surface area contributed by atoms with Crippen LogP contribution in [0.15, 0.2) is 59.5 Å². The molecule has 0 fully saturated rings. The molecule has 0 bridgehead atoms. The summed E-state index contributed by atoms with van der Waals surface area (Å²) in [6, 6.07) is 13.0. The van der Waals surface area contributed by atoms with Crippen LogP contribution in [0.5, 0.6) is 5.75 Å². The number of carbonyl (C=O) groups excluding carboxylic acids is 2. The van der Waals surface area contributed by atoms with Crippen LogP contribution >= 0.6 is 11.6 Å². The summed E-state index contributed by atoms with van der Waals surface area (Å²) in [5.41, 5.74) is 0.273. The van der Waals surface area contributed by atoms with Gasteiger partial charge in [-0.05, 0) is 42.5 Å². The number of methoxy groups -OCH3 is 1. The largest absolute Gasteiger partial charge is 0.496 e. The summed E-state index contributed by atoms with van der Waals surface area (Å²) in [5, 5.41) is 1.55. The van der Waals surface area contributed by atoms with Gasteiger partial charge in [0.05, 0.1) is 23.1 Å². The summed E-state index contributed by atoms with van der Waals surface area (Å²) in [6.45, 7) is 0. The van der Waals surface area contributed by atoms with Crippen LogP contribution < -0.4 is 4.74 Å². The predicted octanol–water partition coefficient (Wildman–Crippen LogP) is 3.42. The summed E-state index contributed by atoms with van der Waals surface area (Å²) in [5.74, 6) is -1.27. The summed E-state index contributed by atoms with van der Waals surface area (Å²) >= 11 is 5.76. The van der Waals surface area contributed by atoms with Crippen molar-refractivity contribution in [2.75, 3.05) is 7.11 Å². The molecule has 0 saturated heterocycles. The van der Waals surface area contributed by atoms with E-state index in [4.69, 9.17) is 20.6 Å². The van der Waals surface area contributed by atoms with Crippen molar-refractivity contribution in [2.24, 2.45) is 0 Å². The van der Waals surface area contributed by atoms with E-state index in [0.717, 1.165) is 0 Å². The number of ether oxygens (including phenoxy) is 1. The molecule has 4 rings (SSSR count). The molecule has 1 aliphatic heterocycles. The molecule has 0 atom stereocenters. The second-order valence-corrected chi connectivity index (χ2v) is 7.90. The number of benzene rings is 3. The summed E-state index contributed by atoms with van der Waals surface area (Å²) in [4.78, 5) is 25.4. The van der Waals surface area contributed by atoms with Crippen molar-refractivity contribution in [2.45, 2.75) is 4.90 Å². The van der Waals surface area contributed by atoms with Crippen molar-refractivity contribution in [3.63, 3.8) is 0 Å². The van der Waals surface area contributed by atoms with Crippen LogP contribution in [0, 0.1) is 0 Å². The third-order valence-corrected chi connectivity index (χ3v) is 5.77. The van der Waals surface area contributed by atoms with Crippen LogP contribution in [-0.2, 0) is 14.4 Å². The Bertz CT molecular complexity index is 1220. The molecule has 3 aromatic carbocycles. The molecule has 0 aromatic heterocycles. The Hall–Kier alpha value is -2.94. The monoisotopic (exact) mass is 417 g/mol. The van der Waals surface area contributed by atoms with Crippen LogP contribution in [0.4, 0.5) is 0 Å². The van der Waals surface area contributed by atoms with Crippen LogP contribution in [0.25, 0.3) is 10.8 Å². The van der Waals surface area contributed by atoms with E-state index >= 15 is 0 Å². The van der Waals surface area contributed by atoms with Gasteiger partial charge in [0.25, 0.3) is 11.8 Å². The average Bonchev–Trinajstić information content (AvgIpc) is 2.69. The van der Waals surface area contributed by atoms with Gasteiger partial charge in [-0.15, -0.1) is 9.35 Å². The Morgan fingerprint density at radius 3 is 2.18 bits per heavy atom. The first-order chi connectivity index (χ1) is 13.3. The topological polar surface area (TPSA) is 90.0 Å². The highest BCUT2D eigenvalue weighted by Crippen LogP contribution is 2.36. The first kappa shape index (κ1) is 18.4. The molecule has 0 radical (unpaired) electrons. The van der Waals surface area contributed by atoms with E-state index in [2.05, 4.69) is 0 Å². The number of hydrogen-bond donors (Lipinski definition) is 0. The van der Waals surface area contributed by atoms with Crippen molar-refractivity contribution < 1.29 is 27.0 Å². The molecule has 2 amide bonds. The maximum Gasteiger partial charge on any atom is 0.318 e. The molecule has 28 heavy (non-hydrogen) atoms. The molecule has 0 unspecified atom stereocenters. The smallest absolute Gasteiger partial charge is 0.318 e. The van der Waals surface area contributed by atoms with Gasteiger partial charge in [0.1, 0.15) is 5.75 Å². The van der Waals surface area contributed by atoms with E-state index in [0.29, 0.717) is 21.5 Å². The molecular formula is C19H12ClNO6S. The van der Waals surface area contributed by atoms with Crippen molar-refractivity contribution >= 4 is 44.3 Å². The van der Waals surface area contributed by atoms with Crippen LogP contribution in [0.2, 0.25) is 5.02 Å². The van der Waals surface area contributed by atoms with Crippen molar-refractivity contribution in [1.29, 1.82) is 0 Å². The molecule has 0 N–H and O–H groups in total. The van der Waals surface area contributed by atoms with E-state index in [1.165, 1.54) is 43.5 Å². The quantitative estimate of drug-likeness (QED) is 0.604. The zero-order valence-electron chi connectivity index (χ0n) is 14.4. The Morgan fingerprint density at radius 2 is 1.54 bits per heavy atom. The molecule has 0 spiro atoms. The van der Waals surface area contributed by atoms with Crippen molar-refractivity contribution in [3.8, 4) is 5.75 Å². The number of rotatable bonds is 4. The standard InChI is InChI=1S/C19H12ClNO6S/c1-26-16-10-9-15-17-13(16)3-2-4-14(17)18(22)21(19(15)23)27-28(24,25)12-7-5-11(20)6-8-12/h2-10H,1H3. The molecule has 7 nitrogen and oxygen atoms in total. The minimum absolute atomic E-state index is 0.136. The maximum atomic E-state index is 12.8. The van der Waals surface area contributed by atoms with Gasteiger partial charge in [0.2, 0.25) is 0 Å². The molecule has 142 valence electrons. The number of carbonyl (C=O) groups is 2. The van der Waals surface area contributed by atoms with Crippen LogP contribution in [-0.4, -0.2) is 32.4 Å². The van der Waals surface area contributed by atoms with E-state index in [1.54, 1.807) is 18.2 Å². The number of amides is 2. The lowest BCUT2D eigenvalue weighted by atomic mass is 9.94. The fourth-order valence-electron chi connectivity index (χ4n) is 3.04. The van der Waals surface area contributed by atoms with E-state index in [9.17, 15) is 18.0 Å². The first-order valence-corrected chi connectivity index (χ1v) is 9.81. The number of imide groups is 1. The van der Waals surface area contributed by atoms with Gasteiger partial charge in [0, 0.05) is 15.8 Å². The second-order valence-electron chi connectivity index (χ2n) is 5.93. The summed E-state index contributed by atoms with van der Waals surface area (Å²) in [6.07, 6.45) is 0. The molecule has 1 aliphatic rings. The summed E-state index contributed by atoms with van der Waals surface area (Å²) < 4.78 is 35.2. The number of nitrogens with zero attached hydrogens (tertiary/aromatic N) is 1. The van der Waals surface area contributed by atoms with Crippen LogP contribution in [0.3, 0.4) is 0 Å². The van der Waals surface area contributed by atoms with Gasteiger partial charge in [-0.1, -0.05) is 23.7 Å². The number of hydrogen-bond acceptors (Lipinski definition) is 6. The third kappa shape index (κ3) is 2.82. The lowest BCUT2D eigenvalue weighted by Crippen LogP contribution is -2.41. The van der Waals surface area contributed by atoms with E-state index in [-0.39, 0.29) is 21.1 Å². The molecular weight excluding hydrogens is 406 g/mol. The summed E-state index contributed by atoms with van der Waals surface area (Å²) in [7, 11) is -2.95. The first-order valence-electron chi connectivity index (χ1n) is 8.02. The van der Waals surface area contributed by atoms with Crippen molar-refractivity contribution in [3.05, 3.63) is 70.7 Å². The number of halogens is 1. The van der Waals surface area contributed by atoms with Crippen molar-refractivity contribution in [1.82, 2.24) is 5.06 Å². The van der Waals surface area contributed by atoms with Crippen LogP contribution in [0.1, 0.15) is 20.7 Å². The highest BCUT2D eigenvalue weighted by molar-refractivity contribution is 7.86. The Morgan fingerprint density at radius 1 is 0.893 bits per heavy atom. The second kappa shape index (κ2) is 6.59. The Labute approximate surface area is 165 Å². The zero-order chi connectivity index (χ0) is 20.1. The third-order valence-electron chi connectivity index (χ3n) is 4.33. The molecule has 0 saturated carbocycles. The molecule has 0 aliphatic carbocycles. The fraction of sp³-hybridized carbons (Fsp3) is 0.0526. The molecule has 9 heteroatoms. The zero-order valence-corrected chi connectivity index (χ0v) is 16.0. The Balaban J connectivity index is 1.80. The fourth-order valence-corrected chi connectivity index (χ4v) is 4.05. The maximum absolute atomic E-state index is 12.8. The Kier molecular flexibility index (Phi) is 4.34. The lowest BCUT2D eigenvalue weighted by Gasteiger charge is -2.25. The lowest BCUT2D eigenvalue weighted by molar-refractivity contribution is -0.0155. The van der Waals surface area contributed by atoms with Gasteiger partial charge in [-0.3, -0.25) is 9.59 Å². The van der Waals surface area contributed by atoms with Gasteiger partial charge < -0.3 is 4.74 Å². The minimum atomic E-state index is -4.43. The predicted molar refractivity (Wildman–Crippen MR) is 101 cm³/mol. The highest BCUT2D eigenvalue weighted by Gasteiger charge is 2.38. The number of hydroxylamine groups is 2. The molecule has 1 heterocycles. The molecule has 3 aromatic rings. The average molecular weight is 418 g/mol. The van der Waals surface area contributed by atoms with Gasteiger partial charge in [0.15, 0.2) is 0 Å². The van der Waals surface area contributed by atoms with Gasteiger partial charge in [-0.2, -0.15) is 8.42 Å². The minimum Gasteiger partial charge on any atom is -0.496 e. The van der Waals surface area contributed by atoms with E-state index < -0.39 is 21.9 Å². The van der Waals surface area contributed by atoms with Gasteiger partial charge >= 0.3 is 10.1 Å².